The smallest absolute Gasteiger partial charge is 0.309 e. The third-order valence-corrected chi connectivity index (χ3v) is 3.06. The standard InChI is InChI=1S/C11H9Cl2N3O2/c1-6-2-9(13)10(4-8(6)12)16-5-7(14-15-16)3-11(17)18/h2,4-5H,3H2,1H3,(H,17,18). The highest BCUT2D eigenvalue weighted by molar-refractivity contribution is 6.35. The number of carboxylic acid groups (broad SMARTS) is 1. The number of nitrogens with zero attached hydrogens (tertiary/aromatic N) is 3. The minimum absolute atomic E-state index is 0.183. The van der Waals surface area contributed by atoms with E-state index in [0.29, 0.717) is 21.4 Å². The Kier molecular flexibility index (Phi) is 3.54. The number of benzene rings is 1. The molecule has 94 valence electrons. The second-order valence-corrected chi connectivity index (χ2v) is 4.59. The van der Waals surface area contributed by atoms with E-state index in [4.69, 9.17) is 28.3 Å². The zero-order valence-electron chi connectivity index (χ0n) is 9.39. The van der Waals surface area contributed by atoms with E-state index in [9.17, 15) is 4.79 Å². The maximum Gasteiger partial charge on any atom is 0.309 e. The van der Waals surface area contributed by atoms with Crippen LogP contribution in [-0.4, -0.2) is 26.1 Å². The number of aryl methyl sites for hydroxylation is 1. The van der Waals surface area contributed by atoms with Crippen molar-refractivity contribution in [3.05, 3.63) is 39.6 Å². The van der Waals surface area contributed by atoms with E-state index in [0.717, 1.165) is 5.56 Å². The van der Waals surface area contributed by atoms with Crippen LogP contribution in [0.5, 0.6) is 0 Å². The van der Waals surface area contributed by atoms with Gasteiger partial charge in [-0.3, -0.25) is 4.79 Å². The van der Waals surface area contributed by atoms with Crippen LogP contribution >= 0.6 is 23.2 Å². The molecule has 0 atom stereocenters. The molecule has 0 saturated heterocycles. The van der Waals surface area contributed by atoms with Crippen LogP contribution < -0.4 is 0 Å². The SMILES string of the molecule is Cc1cc(Cl)c(-n2cc(CC(=O)O)nn2)cc1Cl. The lowest BCUT2D eigenvalue weighted by atomic mass is 10.2. The Hall–Kier alpha value is -1.59. The molecular weight excluding hydrogens is 277 g/mol. The fourth-order valence-electron chi connectivity index (χ4n) is 1.46. The first-order valence-corrected chi connectivity index (χ1v) is 5.82. The lowest BCUT2D eigenvalue weighted by Gasteiger charge is -2.06. The molecule has 1 aromatic carbocycles. The van der Waals surface area contributed by atoms with E-state index in [1.54, 1.807) is 12.1 Å². The second-order valence-electron chi connectivity index (χ2n) is 3.78. The molecule has 0 bridgehead atoms. The Bertz CT molecular complexity index is 610. The second kappa shape index (κ2) is 4.96. The lowest BCUT2D eigenvalue weighted by molar-refractivity contribution is -0.136. The highest BCUT2D eigenvalue weighted by Gasteiger charge is 2.11. The van der Waals surface area contributed by atoms with Gasteiger partial charge in [0.05, 0.1) is 29.0 Å². The summed E-state index contributed by atoms with van der Waals surface area (Å²) in [4.78, 5) is 10.6. The number of carbonyl (C=O) groups is 1. The molecule has 1 N–H and O–H groups in total. The number of aliphatic carboxylic acids is 1. The van der Waals surface area contributed by atoms with Gasteiger partial charge in [-0.05, 0) is 24.6 Å². The number of halogens is 2. The maximum atomic E-state index is 10.6. The van der Waals surface area contributed by atoms with Gasteiger partial charge in [-0.25, -0.2) is 4.68 Å². The predicted octanol–water partition coefficient (Wildman–Crippen LogP) is 2.51. The van der Waals surface area contributed by atoms with E-state index < -0.39 is 5.97 Å². The molecule has 0 saturated carbocycles. The Labute approximate surface area is 113 Å². The first-order chi connectivity index (χ1) is 8.47. The molecule has 0 amide bonds. The van der Waals surface area contributed by atoms with E-state index >= 15 is 0 Å². The molecule has 18 heavy (non-hydrogen) atoms. The molecule has 0 radical (unpaired) electrons. The van der Waals surface area contributed by atoms with Gasteiger partial charge in [0.2, 0.25) is 0 Å². The van der Waals surface area contributed by atoms with Crippen molar-refractivity contribution >= 4 is 29.2 Å². The van der Waals surface area contributed by atoms with Crippen molar-refractivity contribution in [1.29, 1.82) is 0 Å². The lowest BCUT2D eigenvalue weighted by Crippen LogP contribution is -2.00. The summed E-state index contributed by atoms with van der Waals surface area (Å²) >= 11 is 12.1. The van der Waals surface area contributed by atoms with Gasteiger partial charge in [-0.2, -0.15) is 0 Å². The van der Waals surface area contributed by atoms with Gasteiger partial charge in [0.25, 0.3) is 0 Å². The summed E-state index contributed by atoms with van der Waals surface area (Å²) in [6, 6.07) is 3.39. The number of hydrogen-bond donors (Lipinski definition) is 1. The van der Waals surface area contributed by atoms with Crippen molar-refractivity contribution in [3.8, 4) is 5.69 Å². The van der Waals surface area contributed by atoms with Crippen molar-refractivity contribution in [2.75, 3.05) is 0 Å². The molecule has 0 aliphatic carbocycles. The molecule has 1 heterocycles. The number of rotatable bonds is 3. The zero-order chi connectivity index (χ0) is 13.3. The normalized spacial score (nSPS) is 10.6. The van der Waals surface area contributed by atoms with Gasteiger partial charge in [-0.15, -0.1) is 5.10 Å². The molecule has 1 aromatic heterocycles. The Morgan fingerprint density at radius 2 is 2.11 bits per heavy atom. The first-order valence-electron chi connectivity index (χ1n) is 5.06. The molecule has 0 unspecified atom stereocenters. The van der Waals surface area contributed by atoms with E-state index in [-0.39, 0.29) is 6.42 Å². The molecule has 2 rings (SSSR count). The van der Waals surface area contributed by atoms with Crippen LogP contribution in [0.3, 0.4) is 0 Å². The summed E-state index contributed by atoms with van der Waals surface area (Å²) < 4.78 is 1.41. The largest absolute Gasteiger partial charge is 0.481 e. The van der Waals surface area contributed by atoms with Gasteiger partial charge in [0.15, 0.2) is 0 Å². The van der Waals surface area contributed by atoms with Crippen LogP contribution in [0, 0.1) is 6.92 Å². The molecule has 0 aliphatic rings. The van der Waals surface area contributed by atoms with Gasteiger partial charge in [0, 0.05) is 5.02 Å². The van der Waals surface area contributed by atoms with E-state index in [1.807, 2.05) is 6.92 Å². The van der Waals surface area contributed by atoms with Gasteiger partial charge >= 0.3 is 5.97 Å². The first kappa shape index (κ1) is 12.9. The fraction of sp³-hybridized carbons (Fsp3) is 0.182. The molecule has 0 fully saturated rings. The topological polar surface area (TPSA) is 68.0 Å². The monoisotopic (exact) mass is 285 g/mol. The van der Waals surface area contributed by atoms with Crippen LogP contribution in [0.15, 0.2) is 18.3 Å². The number of carboxylic acids is 1. The van der Waals surface area contributed by atoms with Gasteiger partial charge < -0.3 is 5.11 Å². The number of aromatic nitrogens is 3. The van der Waals surface area contributed by atoms with Crippen LogP contribution in [0.1, 0.15) is 11.3 Å². The van der Waals surface area contributed by atoms with E-state index in [1.165, 1.54) is 10.9 Å². The maximum absolute atomic E-state index is 10.6. The van der Waals surface area contributed by atoms with Crippen molar-refractivity contribution in [3.63, 3.8) is 0 Å². The Morgan fingerprint density at radius 3 is 2.78 bits per heavy atom. The van der Waals surface area contributed by atoms with Crippen LogP contribution in [0.25, 0.3) is 5.69 Å². The van der Waals surface area contributed by atoms with Gasteiger partial charge in [-0.1, -0.05) is 28.4 Å². The van der Waals surface area contributed by atoms with Crippen LogP contribution in [0.2, 0.25) is 10.0 Å². The molecule has 0 spiro atoms. The average Bonchev–Trinajstić information content (AvgIpc) is 2.70. The quantitative estimate of drug-likeness (QED) is 0.941. The summed E-state index contributed by atoms with van der Waals surface area (Å²) in [7, 11) is 0. The van der Waals surface area contributed by atoms with Crippen LogP contribution in [0.4, 0.5) is 0 Å². The predicted molar refractivity (Wildman–Crippen MR) is 67.5 cm³/mol. The Morgan fingerprint density at radius 1 is 1.39 bits per heavy atom. The summed E-state index contributed by atoms with van der Waals surface area (Å²) in [6.07, 6.45) is 1.33. The fourth-order valence-corrected chi connectivity index (χ4v) is 1.93. The third kappa shape index (κ3) is 2.63. The summed E-state index contributed by atoms with van der Waals surface area (Å²) in [5.74, 6) is -0.963. The molecule has 5 nitrogen and oxygen atoms in total. The summed E-state index contributed by atoms with van der Waals surface area (Å²) in [6.45, 7) is 1.84. The van der Waals surface area contributed by atoms with Crippen molar-refractivity contribution in [2.45, 2.75) is 13.3 Å². The minimum atomic E-state index is -0.963. The molecule has 0 aliphatic heterocycles. The van der Waals surface area contributed by atoms with Crippen molar-refractivity contribution < 1.29 is 9.90 Å². The zero-order valence-corrected chi connectivity index (χ0v) is 10.9. The summed E-state index contributed by atoms with van der Waals surface area (Å²) in [5, 5.41) is 17.3. The highest BCUT2D eigenvalue weighted by Crippen LogP contribution is 2.27. The van der Waals surface area contributed by atoms with Crippen LogP contribution in [-0.2, 0) is 11.2 Å². The van der Waals surface area contributed by atoms with Gasteiger partial charge in [0.1, 0.15) is 0 Å². The Balaban J connectivity index is 2.40. The average molecular weight is 286 g/mol. The molecule has 7 heteroatoms. The molecule has 2 aromatic rings. The number of hydrogen-bond acceptors (Lipinski definition) is 3. The summed E-state index contributed by atoms with van der Waals surface area (Å²) in [5.41, 5.74) is 1.78. The van der Waals surface area contributed by atoms with Crippen molar-refractivity contribution in [1.82, 2.24) is 15.0 Å². The van der Waals surface area contributed by atoms with E-state index in [2.05, 4.69) is 10.3 Å². The minimum Gasteiger partial charge on any atom is -0.481 e. The van der Waals surface area contributed by atoms with Crippen molar-refractivity contribution in [2.24, 2.45) is 0 Å². The molecular formula is C11H9Cl2N3O2. The highest BCUT2D eigenvalue weighted by atomic mass is 35.5. The third-order valence-electron chi connectivity index (χ3n) is 2.35.